The number of furan rings is 1. The highest BCUT2D eigenvalue weighted by Crippen LogP contribution is 2.16. The predicted molar refractivity (Wildman–Crippen MR) is 93.7 cm³/mol. The van der Waals surface area contributed by atoms with Crippen molar-refractivity contribution in [1.82, 2.24) is 25.1 Å². The van der Waals surface area contributed by atoms with E-state index in [0.29, 0.717) is 30.4 Å². The summed E-state index contributed by atoms with van der Waals surface area (Å²) in [5, 5.41) is 10.4. The quantitative estimate of drug-likeness (QED) is 0.563. The van der Waals surface area contributed by atoms with Crippen molar-refractivity contribution in [2.45, 2.75) is 6.42 Å². The molecule has 0 saturated carbocycles. The second kappa shape index (κ2) is 6.96. The van der Waals surface area contributed by atoms with E-state index in [2.05, 4.69) is 30.5 Å². The van der Waals surface area contributed by atoms with Crippen LogP contribution in [0.3, 0.4) is 0 Å². The molecule has 3 aromatic heterocycles. The maximum atomic E-state index is 5.28. The third-order valence-corrected chi connectivity index (χ3v) is 3.63. The van der Waals surface area contributed by atoms with E-state index in [0.717, 1.165) is 17.2 Å². The molecule has 0 aliphatic carbocycles. The van der Waals surface area contributed by atoms with Gasteiger partial charge in [0.1, 0.15) is 11.6 Å². The molecule has 0 fully saturated rings. The summed E-state index contributed by atoms with van der Waals surface area (Å²) >= 11 is 0. The van der Waals surface area contributed by atoms with Gasteiger partial charge in [0, 0.05) is 24.7 Å². The van der Waals surface area contributed by atoms with Crippen LogP contribution in [0.4, 0.5) is 5.82 Å². The zero-order valence-electron chi connectivity index (χ0n) is 13.4. The number of nitrogens with zero attached hydrogens (tertiary/aromatic N) is 4. The molecule has 25 heavy (non-hydrogen) atoms. The molecule has 0 spiro atoms. The Kier molecular flexibility index (Phi) is 4.20. The first-order valence-electron chi connectivity index (χ1n) is 7.96. The fraction of sp³-hybridized carbons (Fsp3) is 0.111. The van der Waals surface area contributed by atoms with E-state index < -0.39 is 0 Å². The number of rotatable bonds is 6. The molecule has 0 aliphatic rings. The van der Waals surface area contributed by atoms with Gasteiger partial charge in [0.05, 0.1) is 6.26 Å². The summed E-state index contributed by atoms with van der Waals surface area (Å²) in [6.07, 6.45) is 4.05. The molecule has 0 bridgehead atoms. The molecule has 0 atom stereocenters. The van der Waals surface area contributed by atoms with Crippen molar-refractivity contribution >= 4 is 5.82 Å². The van der Waals surface area contributed by atoms with E-state index in [1.54, 1.807) is 12.5 Å². The Morgan fingerprint density at radius 3 is 2.72 bits per heavy atom. The van der Waals surface area contributed by atoms with Crippen molar-refractivity contribution in [2.75, 3.05) is 11.9 Å². The summed E-state index contributed by atoms with van der Waals surface area (Å²) in [7, 11) is 0. The molecule has 0 unspecified atom stereocenters. The smallest absolute Gasteiger partial charge is 0.216 e. The monoisotopic (exact) mass is 332 g/mol. The van der Waals surface area contributed by atoms with Gasteiger partial charge >= 0.3 is 0 Å². The van der Waals surface area contributed by atoms with E-state index in [9.17, 15) is 0 Å². The first-order valence-corrected chi connectivity index (χ1v) is 7.96. The second-order valence-corrected chi connectivity index (χ2v) is 5.39. The van der Waals surface area contributed by atoms with Gasteiger partial charge < -0.3 is 9.73 Å². The van der Waals surface area contributed by atoms with Crippen molar-refractivity contribution < 1.29 is 4.42 Å². The number of hydrogen-bond acceptors (Lipinski definition) is 6. The lowest BCUT2D eigenvalue weighted by Crippen LogP contribution is -2.08. The van der Waals surface area contributed by atoms with Crippen LogP contribution in [-0.4, -0.2) is 31.7 Å². The number of anilines is 1. The fourth-order valence-corrected chi connectivity index (χ4v) is 2.42. The molecule has 7 heteroatoms. The first kappa shape index (κ1) is 15.1. The lowest BCUT2D eigenvalue weighted by molar-refractivity contribution is 0.577. The van der Waals surface area contributed by atoms with E-state index in [1.165, 1.54) is 0 Å². The van der Waals surface area contributed by atoms with Gasteiger partial charge in [-0.3, -0.25) is 5.10 Å². The van der Waals surface area contributed by atoms with Crippen LogP contribution in [0.1, 0.15) is 5.82 Å². The number of aromatic amines is 1. The fourth-order valence-electron chi connectivity index (χ4n) is 2.42. The molecular formula is C18H16N6O. The highest BCUT2D eigenvalue weighted by atomic mass is 16.3. The molecular weight excluding hydrogens is 316 g/mol. The molecule has 3 heterocycles. The van der Waals surface area contributed by atoms with Crippen LogP contribution >= 0.6 is 0 Å². The maximum absolute atomic E-state index is 5.28. The summed E-state index contributed by atoms with van der Waals surface area (Å²) in [6.45, 7) is 0.679. The molecule has 0 saturated heterocycles. The molecule has 0 amide bonds. The van der Waals surface area contributed by atoms with Crippen LogP contribution in [0.2, 0.25) is 0 Å². The third kappa shape index (κ3) is 3.55. The van der Waals surface area contributed by atoms with Gasteiger partial charge in [-0.1, -0.05) is 30.3 Å². The summed E-state index contributed by atoms with van der Waals surface area (Å²) in [5.74, 6) is 3.48. The van der Waals surface area contributed by atoms with Crippen molar-refractivity contribution in [2.24, 2.45) is 0 Å². The van der Waals surface area contributed by atoms with Gasteiger partial charge in [0.25, 0.3) is 0 Å². The molecule has 0 aliphatic heterocycles. The largest absolute Gasteiger partial charge is 0.461 e. The van der Waals surface area contributed by atoms with Crippen LogP contribution in [0.15, 0.2) is 65.4 Å². The Labute approximate surface area is 144 Å². The summed E-state index contributed by atoms with van der Waals surface area (Å²) in [5.41, 5.74) is 0.990. The number of hydrogen-bond donors (Lipinski definition) is 2. The lowest BCUT2D eigenvalue weighted by atomic mass is 10.2. The highest BCUT2D eigenvalue weighted by molar-refractivity contribution is 5.56. The minimum absolute atomic E-state index is 0.563. The number of benzene rings is 1. The Morgan fingerprint density at radius 1 is 0.960 bits per heavy atom. The molecule has 0 radical (unpaired) electrons. The number of H-pyrrole nitrogens is 1. The SMILES string of the molecule is c1ccc(-c2nccc(NCCc3nc(-c4ccco4)n[nH]3)n2)cc1. The third-order valence-electron chi connectivity index (χ3n) is 3.63. The first-order chi connectivity index (χ1) is 12.4. The van der Waals surface area contributed by atoms with Gasteiger partial charge in [0.15, 0.2) is 11.6 Å². The van der Waals surface area contributed by atoms with Crippen molar-refractivity contribution in [3.63, 3.8) is 0 Å². The van der Waals surface area contributed by atoms with Crippen molar-refractivity contribution in [1.29, 1.82) is 0 Å². The van der Waals surface area contributed by atoms with Gasteiger partial charge in [-0.2, -0.15) is 5.10 Å². The zero-order valence-corrected chi connectivity index (χ0v) is 13.4. The topological polar surface area (TPSA) is 92.5 Å². The van der Waals surface area contributed by atoms with Crippen LogP contribution in [-0.2, 0) is 6.42 Å². The van der Waals surface area contributed by atoms with Gasteiger partial charge in [-0.25, -0.2) is 15.0 Å². The van der Waals surface area contributed by atoms with Gasteiger partial charge in [0.2, 0.25) is 5.82 Å². The van der Waals surface area contributed by atoms with Crippen LogP contribution in [0.25, 0.3) is 23.0 Å². The summed E-state index contributed by atoms with van der Waals surface area (Å²) in [6, 6.07) is 15.4. The normalized spacial score (nSPS) is 10.7. The summed E-state index contributed by atoms with van der Waals surface area (Å²) in [4.78, 5) is 13.3. The molecule has 4 aromatic rings. The Bertz CT molecular complexity index is 933. The van der Waals surface area contributed by atoms with E-state index >= 15 is 0 Å². The Hall–Kier alpha value is -3.48. The van der Waals surface area contributed by atoms with E-state index in [-0.39, 0.29) is 0 Å². The second-order valence-electron chi connectivity index (χ2n) is 5.39. The predicted octanol–water partition coefficient (Wildman–Crippen LogP) is 3.18. The Morgan fingerprint density at radius 2 is 1.88 bits per heavy atom. The minimum Gasteiger partial charge on any atom is -0.461 e. The molecule has 1 aromatic carbocycles. The number of nitrogens with one attached hydrogen (secondary N) is 2. The van der Waals surface area contributed by atoms with E-state index in [4.69, 9.17) is 4.42 Å². The molecule has 4 rings (SSSR count). The lowest BCUT2D eigenvalue weighted by Gasteiger charge is -2.06. The molecule has 124 valence electrons. The van der Waals surface area contributed by atoms with Crippen molar-refractivity contribution in [3.05, 3.63) is 66.8 Å². The highest BCUT2D eigenvalue weighted by Gasteiger charge is 2.08. The molecule has 7 nitrogen and oxygen atoms in total. The standard InChI is InChI=1S/C18H16N6O/c1-2-5-13(6-3-1)17-20-11-8-15(21-17)19-10-9-16-22-18(24-23-16)14-7-4-12-25-14/h1-8,11-12H,9-10H2,(H,19,20,21)(H,22,23,24). The van der Waals surface area contributed by atoms with Crippen molar-refractivity contribution in [3.8, 4) is 23.0 Å². The minimum atomic E-state index is 0.563. The zero-order chi connectivity index (χ0) is 16.9. The van der Waals surface area contributed by atoms with E-state index in [1.807, 2.05) is 48.5 Å². The average Bonchev–Trinajstić information content (AvgIpc) is 3.34. The van der Waals surface area contributed by atoms with Crippen LogP contribution in [0.5, 0.6) is 0 Å². The average molecular weight is 332 g/mol. The number of aromatic nitrogens is 5. The van der Waals surface area contributed by atoms with Crippen LogP contribution < -0.4 is 5.32 Å². The summed E-state index contributed by atoms with van der Waals surface area (Å²) < 4.78 is 5.28. The Balaban J connectivity index is 1.38. The molecule has 2 N–H and O–H groups in total. The van der Waals surface area contributed by atoms with Gasteiger partial charge in [-0.15, -0.1) is 0 Å². The van der Waals surface area contributed by atoms with Crippen LogP contribution in [0, 0.1) is 0 Å². The maximum Gasteiger partial charge on any atom is 0.216 e. The van der Waals surface area contributed by atoms with Gasteiger partial charge in [-0.05, 0) is 18.2 Å².